The van der Waals surface area contributed by atoms with Crippen molar-refractivity contribution in [3.05, 3.63) is 35.1 Å². The molecule has 5 rings (SSSR count). The van der Waals surface area contributed by atoms with Gasteiger partial charge in [-0.1, -0.05) is 12.2 Å². The number of nitrogens with one attached hydrogen (secondary N) is 1. The average Bonchev–Trinajstić information content (AvgIpc) is 3.11. The van der Waals surface area contributed by atoms with Crippen molar-refractivity contribution in [2.24, 2.45) is 16.1 Å². The quantitative estimate of drug-likeness (QED) is 0.736. The lowest BCUT2D eigenvalue weighted by molar-refractivity contribution is -0.172. The van der Waals surface area contributed by atoms with Crippen molar-refractivity contribution in [1.29, 1.82) is 0 Å². The van der Waals surface area contributed by atoms with E-state index < -0.39 is 5.79 Å². The molecule has 6 heteroatoms. The summed E-state index contributed by atoms with van der Waals surface area (Å²) in [4.78, 5) is 4.64. The molecule has 2 saturated carbocycles. The van der Waals surface area contributed by atoms with Crippen LogP contribution in [0, 0.1) is 5.41 Å². The van der Waals surface area contributed by atoms with Gasteiger partial charge in [-0.2, -0.15) is 0 Å². The average molecular weight is 328 g/mol. The second-order valence-corrected chi connectivity index (χ2v) is 8.13. The molecule has 1 spiro atoms. The van der Waals surface area contributed by atoms with Crippen LogP contribution in [0.2, 0.25) is 0 Å². The zero-order chi connectivity index (χ0) is 16.7. The summed E-state index contributed by atoms with van der Waals surface area (Å²) in [6, 6.07) is 2.27. The number of hydrogen-bond acceptors (Lipinski definition) is 5. The molecule has 128 valence electrons. The lowest BCUT2D eigenvalue weighted by Gasteiger charge is -2.44. The van der Waals surface area contributed by atoms with Gasteiger partial charge in [0.05, 0.1) is 17.4 Å². The Bertz CT molecular complexity index is 845. The topological polar surface area (TPSA) is 73.8 Å². The van der Waals surface area contributed by atoms with Gasteiger partial charge in [0.15, 0.2) is 5.79 Å². The molecule has 1 aromatic heterocycles. The van der Waals surface area contributed by atoms with Gasteiger partial charge in [-0.3, -0.25) is 0 Å². The van der Waals surface area contributed by atoms with E-state index in [-0.39, 0.29) is 23.7 Å². The van der Waals surface area contributed by atoms with Crippen molar-refractivity contribution >= 4 is 5.82 Å². The highest BCUT2D eigenvalue weighted by molar-refractivity contribution is 5.38. The Hall–Kier alpha value is -1.79. The Labute approximate surface area is 141 Å². The van der Waals surface area contributed by atoms with Crippen LogP contribution in [-0.2, 0) is 9.47 Å². The third-order valence-corrected chi connectivity index (χ3v) is 5.96. The summed E-state index contributed by atoms with van der Waals surface area (Å²) in [6.07, 6.45) is 5.40. The van der Waals surface area contributed by atoms with Gasteiger partial charge in [0.1, 0.15) is 24.1 Å². The molecule has 6 nitrogen and oxygen atoms in total. The maximum absolute atomic E-state index is 6.33. The minimum absolute atomic E-state index is 0.0518. The van der Waals surface area contributed by atoms with Gasteiger partial charge in [-0.15, -0.1) is 0 Å². The Kier molecular flexibility index (Phi) is 2.69. The maximum atomic E-state index is 6.33. The Morgan fingerprint density at radius 1 is 1.38 bits per heavy atom. The van der Waals surface area contributed by atoms with Crippen LogP contribution in [0.3, 0.4) is 0 Å². The molecular formula is C18H24N4O2. The van der Waals surface area contributed by atoms with Crippen molar-refractivity contribution in [1.82, 2.24) is 9.88 Å². The molecule has 1 aromatic rings. The number of nitrogens with zero attached hydrogens (tertiary/aromatic N) is 2. The van der Waals surface area contributed by atoms with Crippen LogP contribution < -0.4 is 21.8 Å². The fourth-order valence-electron chi connectivity index (χ4n) is 5.12. The lowest BCUT2D eigenvalue weighted by atomic mass is 9.63. The second kappa shape index (κ2) is 4.43. The van der Waals surface area contributed by atoms with Crippen molar-refractivity contribution in [2.45, 2.75) is 57.1 Å². The number of rotatable bonds is 1. The van der Waals surface area contributed by atoms with E-state index in [1.807, 2.05) is 19.9 Å². The number of aromatic nitrogens is 1. The van der Waals surface area contributed by atoms with Gasteiger partial charge in [0.2, 0.25) is 0 Å². The molecule has 3 heterocycles. The third kappa shape index (κ3) is 1.81. The summed E-state index contributed by atoms with van der Waals surface area (Å²) < 4.78 is 14.9. The first-order valence-corrected chi connectivity index (χ1v) is 8.66. The Balaban J connectivity index is 1.60. The molecule has 1 saturated heterocycles. The summed E-state index contributed by atoms with van der Waals surface area (Å²) in [6.45, 7) is 8.69. The van der Waals surface area contributed by atoms with Crippen LogP contribution in [0.25, 0.3) is 5.82 Å². The van der Waals surface area contributed by atoms with E-state index >= 15 is 0 Å². The van der Waals surface area contributed by atoms with Crippen LogP contribution in [0.15, 0.2) is 29.4 Å². The summed E-state index contributed by atoms with van der Waals surface area (Å²) in [5.74, 6) is 0.165. The molecule has 4 aliphatic rings. The SMILES string of the molecule is C=C1CC2(C1)C[C@@H](n1ccc3c1=NCNC=3N)[C@@H]1OC(C)(C)O[C@@H]12. The van der Waals surface area contributed by atoms with E-state index in [9.17, 15) is 0 Å². The molecule has 0 radical (unpaired) electrons. The zero-order valence-corrected chi connectivity index (χ0v) is 14.2. The van der Waals surface area contributed by atoms with Gasteiger partial charge < -0.3 is 25.1 Å². The number of hydrogen-bond donors (Lipinski definition) is 2. The molecule has 2 aliphatic heterocycles. The molecule has 3 N–H and O–H groups in total. The Morgan fingerprint density at radius 3 is 2.92 bits per heavy atom. The molecule has 2 aliphatic carbocycles. The van der Waals surface area contributed by atoms with Crippen molar-refractivity contribution < 1.29 is 9.47 Å². The van der Waals surface area contributed by atoms with Crippen molar-refractivity contribution in [3.8, 4) is 0 Å². The normalized spacial score (nSPS) is 35.2. The van der Waals surface area contributed by atoms with Crippen LogP contribution in [0.1, 0.15) is 39.2 Å². The first kappa shape index (κ1) is 14.5. The predicted octanol–water partition coefficient (Wildman–Crippen LogP) is 0.494. The van der Waals surface area contributed by atoms with Gasteiger partial charge in [-0.25, -0.2) is 4.99 Å². The molecule has 0 amide bonds. The third-order valence-electron chi connectivity index (χ3n) is 5.96. The molecular weight excluding hydrogens is 304 g/mol. The minimum atomic E-state index is -0.533. The van der Waals surface area contributed by atoms with E-state index in [1.54, 1.807) is 0 Å². The van der Waals surface area contributed by atoms with Crippen LogP contribution in [0.4, 0.5) is 0 Å². The highest BCUT2D eigenvalue weighted by Crippen LogP contribution is 2.62. The molecule has 0 unspecified atom stereocenters. The summed E-state index contributed by atoms with van der Waals surface area (Å²) in [5.41, 5.74) is 8.53. The van der Waals surface area contributed by atoms with Gasteiger partial charge >= 0.3 is 0 Å². The smallest absolute Gasteiger partial charge is 0.163 e. The molecule has 0 aromatic carbocycles. The highest BCUT2D eigenvalue weighted by Gasteiger charge is 2.64. The molecule has 24 heavy (non-hydrogen) atoms. The zero-order valence-electron chi connectivity index (χ0n) is 14.2. The van der Waals surface area contributed by atoms with Crippen LogP contribution in [0.5, 0.6) is 0 Å². The standard InChI is InChI=1S/C18H24N4O2/c1-10-6-18(7-10)8-12(13-14(18)24-17(2,3)23-13)22-5-4-11-15(19)20-9-21-16(11)22/h4-5,12-14,20H,1,6-9,19H2,2-3H3/t12-,13+,14+/m1/s1. The summed E-state index contributed by atoms with van der Waals surface area (Å²) >= 11 is 0. The second-order valence-electron chi connectivity index (χ2n) is 8.13. The lowest BCUT2D eigenvalue weighted by Crippen LogP contribution is -2.44. The minimum Gasteiger partial charge on any atom is -0.385 e. The Morgan fingerprint density at radius 2 is 2.17 bits per heavy atom. The van der Waals surface area contributed by atoms with Gasteiger partial charge in [0, 0.05) is 11.6 Å². The first-order chi connectivity index (χ1) is 11.4. The fraction of sp³-hybridized carbons (Fsp3) is 0.611. The highest BCUT2D eigenvalue weighted by atomic mass is 16.8. The summed E-state index contributed by atoms with van der Waals surface area (Å²) in [7, 11) is 0. The van der Waals surface area contributed by atoms with E-state index in [2.05, 4.69) is 27.7 Å². The van der Waals surface area contributed by atoms with Crippen molar-refractivity contribution in [2.75, 3.05) is 6.67 Å². The number of ether oxygens (including phenoxy) is 2. The van der Waals surface area contributed by atoms with Crippen molar-refractivity contribution in [3.63, 3.8) is 0 Å². The maximum Gasteiger partial charge on any atom is 0.163 e. The van der Waals surface area contributed by atoms with E-state index in [0.29, 0.717) is 12.5 Å². The monoisotopic (exact) mass is 328 g/mol. The predicted molar refractivity (Wildman–Crippen MR) is 89.1 cm³/mol. The van der Waals surface area contributed by atoms with E-state index in [1.165, 1.54) is 5.57 Å². The largest absolute Gasteiger partial charge is 0.385 e. The molecule has 0 bridgehead atoms. The van der Waals surface area contributed by atoms with Crippen LogP contribution in [-0.4, -0.2) is 29.2 Å². The van der Waals surface area contributed by atoms with Gasteiger partial charge in [0.25, 0.3) is 0 Å². The molecule has 3 fully saturated rings. The van der Waals surface area contributed by atoms with Crippen LogP contribution >= 0.6 is 0 Å². The fourth-order valence-corrected chi connectivity index (χ4v) is 5.12. The van der Waals surface area contributed by atoms with E-state index in [4.69, 9.17) is 15.2 Å². The van der Waals surface area contributed by atoms with Gasteiger partial charge in [-0.05, 0) is 39.2 Å². The number of fused-ring (bicyclic) bond motifs is 3. The number of allylic oxidation sites excluding steroid dienone is 1. The first-order valence-electron chi connectivity index (χ1n) is 8.66. The van der Waals surface area contributed by atoms with E-state index in [0.717, 1.165) is 30.0 Å². The number of nitrogens with two attached hydrogens (primary N) is 1. The molecule has 3 atom stereocenters. The summed E-state index contributed by atoms with van der Waals surface area (Å²) in [5, 5.41) is 4.07.